The molecule has 0 radical (unpaired) electrons. The molecule has 4 N–H and O–H groups in total. The van der Waals surface area contributed by atoms with Crippen LogP contribution in [0.5, 0.6) is 0 Å². The van der Waals surface area contributed by atoms with Crippen LogP contribution in [-0.2, 0) is 23.7 Å². The molecule has 1 aliphatic heterocycles. The number of carbonyl (C=O) groups excluding carboxylic acids is 1. The fourth-order valence-corrected chi connectivity index (χ4v) is 7.32. The first kappa shape index (κ1) is 56.2. The summed E-state index contributed by atoms with van der Waals surface area (Å²) in [4.78, 5) is 12.8. The monoisotopic (exact) mass is 849 g/mol. The molecule has 9 heteroatoms. The zero-order chi connectivity index (χ0) is 43.6. The molecule has 1 rings (SSSR count). The summed E-state index contributed by atoms with van der Waals surface area (Å²) in [6.07, 6.45) is 45.7. The molecular weight excluding hydrogens is 757 g/mol. The third kappa shape index (κ3) is 32.8. The Morgan fingerprint density at radius 3 is 1.48 bits per heavy atom. The molecule has 60 heavy (non-hydrogen) atoms. The van der Waals surface area contributed by atoms with Gasteiger partial charge in [0.2, 0.25) is 0 Å². The van der Waals surface area contributed by atoms with Crippen LogP contribution in [0.4, 0.5) is 0 Å². The molecule has 0 aromatic rings. The van der Waals surface area contributed by atoms with Crippen molar-refractivity contribution in [1.29, 1.82) is 0 Å². The molecule has 0 aromatic carbocycles. The van der Waals surface area contributed by atoms with Crippen molar-refractivity contribution in [2.75, 3.05) is 26.4 Å². The Balaban J connectivity index is 2.20. The van der Waals surface area contributed by atoms with Crippen LogP contribution >= 0.6 is 0 Å². The average molecular weight is 849 g/mol. The van der Waals surface area contributed by atoms with Gasteiger partial charge in [0.25, 0.3) is 0 Å². The molecule has 0 bridgehead atoms. The zero-order valence-electron chi connectivity index (χ0n) is 38.5. The lowest BCUT2D eigenvalue weighted by atomic mass is 9.99. The molecule has 0 saturated carbocycles. The summed E-state index contributed by atoms with van der Waals surface area (Å²) in [5.41, 5.74) is 0. The largest absolute Gasteiger partial charge is 0.457 e. The maximum Gasteiger partial charge on any atom is 0.306 e. The molecule has 350 valence electrons. The predicted octanol–water partition coefficient (Wildman–Crippen LogP) is 11.7. The Labute approximate surface area is 367 Å². The van der Waals surface area contributed by atoms with Gasteiger partial charge in [-0.2, -0.15) is 0 Å². The second kappa shape index (κ2) is 42.5. The van der Waals surface area contributed by atoms with Crippen molar-refractivity contribution < 1.29 is 44.2 Å². The fraction of sp³-hybridized carbons (Fsp3) is 0.824. The van der Waals surface area contributed by atoms with Gasteiger partial charge in [-0.3, -0.25) is 4.79 Å². The van der Waals surface area contributed by atoms with E-state index in [1.54, 1.807) is 0 Å². The summed E-state index contributed by atoms with van der Waals surface area (Å²) in [6, 6.07) is 0. The molecular formula is C51H92O9. The summed E-state index contributed by atoms with van der Waals surface area (Å²) < 4.78 is 22.8. The normalized spacial score (nSPS) is 20.4. The highest BCUT2D eigenvalue weighted by Gasteiger charge is 2.44. The third-order valence-corrected chi connectivity index (χ3v) is 11.2. The zero-order valence-corrected chi connectivity index (χ0v) is 38.5. The highest BCUT2D eigenvalue weighted by Crippen LogP contribution is 2.22. The van der Waals surface area contributed by atoms with Crippen LogP contribution in [0.15, 0.2) is 48.6 Å². The number of ether oxygens (including phenoxy) is 4. The Morgan fingerprint density at radius 1 is 0.533 bits per heavy atom. The Morgan fingerprint density at radius 2 is 0.967 bits per heavy atom. The van der Waals surface area contributed by atoms with Crippen molar-refractivity contribution in [3.63, 3.8) is 0 Å². The minimum absolute atomic E-state index is 0.119. The average Bonchev–Trinajstić information content (AvgIpc) is 3.25. The molecule has 1 heterocycles. The minimum atomic E-state index is -1.54. The lowest BCUT2D eigenvalue weighted by molar-refractivity contribution is -0.305. The van der Waals surface area contributed by atoms with Gasteiger partial charge in [-0.25, -0.2) is 0 Å². The highest BCUT2D eigenvalue weighted by molar-refractivity contribution is 5.69. The molecule has 9 nitrogen and oxygen atoms in total. The van der Waals surface area contributed by atoms with Crippen LogP contribution in [0.2, 0.25) is 0 Å². The van der Waals surface area contributed by atoms with Crippen LogP contribution < -0.4 is 0 Å². The molecule has 6 atom stereocenters. The molecule has 0 spiro atoms. The van der Waals surface area contributed by atoms with Crippen molar-refractivity contribution in [3.05, 3.63) is 48.6 Å². The first-order valence-corrected chi connectivity index (χ1v) is 24.7. The van der Waals surface area contributed by atoms with Gasteiger partial charge in [0.05, 0.1) is 19.8 Å². The predicted molar refractivity (Wildman–Crippen MR) is 247 cm³/mol. The Hall–Kier alpha value is -1.85. The van der Waals surface area contributed by atoms with Crippen molar-refractivity contribution in [3.8, 4) is 0 Å². The van der Waals surface area contributed by atoms with E-state index in [0.29, 0.717) is 13.0 Å². The number of rotatable bonds is 42. The summed E-state index contributed by atoms with van der Waals surface area (Å²) in [5.74, 6) is -0.325. The number of aliphatic hydroxyl groups is 4. The van der Waals surface area contributed by atoms with Gasteiger partial charge in [-0.15, -0.1) is 0 Å². The second-order valence-electron chi connectivity index (χ2n) is 16.9. The van der Waals surface area contributed by atoms with E-state index in [1.807, 2.05) is 0 Å². The first-order valence-electron chi connectivity index (χ1n) is 24.7. The third-order valence-electron chi connectivity index (χ3n) is 11.2. The van der Waals surface area contributed by atoms with Gasteiger partial charge < -0.3 is 39.4 Å². The smallest absolute Gasteiger partial charge is 0.306 e. The van der Waals surface area contributed by atoms with E-state index >= 15 is 0 Å². The number of esters is 1. The van der Waals surface area contributed by atoms with Crippen LogP contribution in [0.1, 0.15) is 206 Å². The molecule has 0 amide bonds. The number of hydrogen-bond acceptors (Lipinski definition) is 9. The van der Waals surface area contributed by atoms with E-state index in [2.05, 4.69) is 62.5 Å². The van der Waals surface area contributed by atoms with Crippen LogP contribution in [0, 0.1) is 0 Å². The van der Waals surface area contributed by atoms with Crippen molar-refractivity contribution in [2.45, 2.75) is 243 Å². The molecule has 1 saturated heterocycles. The topological polar surface area (TPSA) is 135 Å². The molecule has 0 aliphatic carbocycles. The van der Waals surface area contributed by atoms with Gasteiger partial charge in [0.15, 0.2) is 6.29 Å². The molecule has 1 fully saturated rings. The van der Waals surface area contributed by atoms with Crippen LogP contribution in [0.25, 0.3) is 0 Å². The fourth-order valence-electron chi connectivity index (χ4n) is 7.32. The minimum Gasteiger partial charge on any atom is -0.457 e. The van der Waals surface area contributed by atoms with Gasteiger partial charge in [-0.05, 0) is 77.0 Å². The Bertz CT molecular complexity index is 1060. The van der Waals surface area contributed by atoms with Crippen LogP contribution in [-0.4, -0.2) is 89.6 Å². The van der Waals surface area contributed by atoms with Gasteiger partial charge in [0, 0.05) is 13.0 Å². The molecule has 0 aromatic heterocycles. The highest BCUT2D eigenvalue weighted by atomic mass is 16.7. The molecule has 1 aliphatic rings. The van der Waals surface area contributed by atoms with E-state index in [1.165, 1.54) is 128 Å². The SMILES string of the molecule is CCCCCC/C=C\CCCCCCCC(=O)OC(COCCCCCCCCCCC/C=C\C/C=C\C/C=C\CCCCCCC)COC1OC(CO)C(O)C(O)C1O. The van der Waals surface area contributed by atoms with Gasteiger partial charge >= 0.3 is 5.97 Å². The number of unbranched alkanes of at least 4 members (excludes halogenated alkanes) is 23. The van der Waals surface area contributed by atoms with Crippen molar-refractivity contribution in [2.24, 2.45) is 0 Å². The van der Waals surface area contributed by atoms with Crippen molar-refractivity contribution in [1.82, 2.24) is 0 Å². The van der Waals surface area contributed by atoms with E-state index in [-0.39, 0.29) is 19.2 Å². The Kier molecular flexibility index (Phi) is 39.7. The van der Waals surface area contributed by atoms with Gasteiger partial charge in [0.1, 0.15) is 30.5 Å². The van der Waals surface area contributed by atoms with E-state index in [9.17, 15) is 25.2 Å². The summed E-state index contributed by atoms with van der Waals surface area (Å²) in [5, 5.41) is 40.2. The maximum atomic E-state index is 12.8. The standard InChI is InChI=1S/C51H92O9/c1-3-5-7-9-11-13-15-17-18-19-20-21-22-23-24-25-26-27-29-31-33-35-37-39-41-57-43-45(44-58-51-50(56)49(55)48(54)46(42-52)60-51)59-47(53)40-38-36-34-32-30-28-16-14-12-10-8-6-4-2/h14-17,19-20,22-23,45-46,48-52,54-56H,3-13,18,21,24-44H2,1-2H3/b16-14-,17-15-,20-19-,23-22-. The molecule has 6 unspecified atom stereocenters. The van der Waals surface area contributed by atoms with E-state index in [0.717, 1.165) is 57.8 Å². The number of allylic oxidation sites excluding steroid dienone is 8. The summed E-state index contributed by atoms with van der Waals surface area (Å²) >= 11 is 0. The second-order valence-corrected chi connectivity index (χ2v) is 16.9. The lowest BCUT2D eigenvalue weighted by Crippen LogP contribution is -2.59. The summed E-state index contributed by atoms with van der Waals surface area (Å²) in [6.45, 7) is 4.52. The lowest BCUT2D eigenvalue weighted by Gasteiger charge is -2.39. The maximum absolute atomic E-state index is 12.8. The summed E-state index contributed by atoms with van der Waals surface area (Å²) in [7, 11) is 0. The van der Waals surface area contributed by atoms with E-state index < -0.39 is 43.4 Å². The van der Waals surface area contributed by atoms with E-state index in [4.69, 9.17) is 18.9 Å². The quantitative estimate of drug-likeness (QED) is 0.0269. The van der Waals surface area contributed by atoms with Crippen LogP contribution in [0.3, 0.4) is 0 Å². The number of carbonyl (C=O) groups is 1. The number of aliphatic hydroxyl groups excluding tert-OH is 4. The van der Waals surface area contributed by atoms with Gasteiger partial charge in [-0.1, -0.05) is 172 Å². The first-order chi connectivity index (χ1) is 29.4. The number of hydrogen-bond donors (Lipinski definition) is 4. The van der Waals surface area contributed by atoms with Crippen molar-refractivity contribution >= 4 is 5.97 Å².